The summed E-state index contributed by atoms with van der Waals surface area (Å²) in [4.78, 5) is 17.0. The Bertz CT molecular complexity index is 593. The summed E-state index contributed by atoms with van der Waals surface area (Å²) in [5.74, 6) is -0.157. The molecule has 19 heavy (non-hydrogen) atoms. The second-order valence-corrected chi connectivity index (χ2v) is 6.28. The smallest absolute Gasteiger partial charge is 0.347 e. The minimum atomic E-state index is -0.874. The lowest BCUT2D eigenvalue weighted by Gasteiger charge is -2.00. The van der Waals surface area contributed by atoms with E-state index < -0.39 is 5.97 Å². The molecule has 2 aromatic rings. The molecule has 0 amide bonds. The van der Waals surface area contributed by atoms with Crippen molar-refractivity contribution in [1.82, 2.24) is 4.98 Å². The second-order valence-electron chi connectivity index (χ2n) is 4.15. The molecule has 0 spiro atoms. The van der Waals surface area contributed by atoms with E-state index in [0.29, 0.717) is 22.7 Å². The number of rotatable bonds is 5. The van der Waals surface area contributed by atoms with E-state index in [-0.39, 0.29) is 0 Å². The number of aromatic nitrogens is 1. The van der Waals surface area contributed by atoms with Crippen molar-refractivity contribution >= 4 is 29.1 Å². The molecule has 0 unspecified atom stereocenters. The number of carbonyl (C=O) groups is 1. The van der Waals surface area contributed by atoms with Gasteiger partial charge in [0.25, 0.3) is 0 Å². The van der Waals surface area contributed by atoms with E-state index in [0.717, 1.165) is 5.01 Å². The Morgan fingerprint density at radius 2 is 2.26 bits per heavy atom. The molecule has 0 bridgehead atoms. The third-order valence-corrected chi connectivity index (χ3v) is 4.90. The van der Waals surface area contributed by atoms with Gasteiger partial charge in [-0.25, -0.2) is 9.78 Å². The monoisotopic (exact) mass is 293 g/mol. The Hall–Kier alpha value is -1.33. The van der Waals surface area contributed by atoms with E-state index in [1.165, 1.54) is 21.8 Å². The van der Waals surface area contributed by atoms with E-state index >= 15 is 0 Å². The minimum absolute atomic E-state index is 0.377. The summed E-state index contributed by atoms with van der Waals surface area (Å²) >= 11 is 2.97. The lowest BCUT2D eigenvalue weighted by Crippen LogP contribution is -1.97. The molecular formula is C14H15NO2S2. The van der Waals surface area contributed by atoms with Crippen molar-refractivity contribution in [2.75, 3.05) is 0 Å². The summed E-state index contributed by atoms with van der Waals surface area (Å²) in [6.07, 6.45) is 0.660. The number of nitrogens with zero attached hydrogens (tertiary/aromatic N) is 1. The minimum Gasteiger partial charge on any atom is -0.477 e. The maximum absolute atomic E-state index is 11.1. The number of benzene rings is 1. The van der Waals surface area contributed by atoms with Crippen LogP contribution in [-0.4, -0.2) is 16.1 Å². The number of carboxylic acids is 1. The van der Waals surface area contributed by atoms with Crippen LogP contribution in [0.2, 0.25) is 0 Å². The van der Waals surface area contributed by atoms with Crippen LogP contribution in [0.25, 0.3) is 0 Å². The van der Waals surface area contributed by atoms with Crippen molar-refractivity contribution in [3.05, 3.63) is 45.4 Å². The molecule has 0 aliphatic rings. The average Bonchev–Trinajstić information content (AvgIpc) is 2.80. The third kappa shape index (κ3) is 3.58. The summed E-state index contributed by atoms with van der Waals surface area (Å²) in [6, 6.07) is 8.27. The van der Waals surface area contributed by atoms with Gasteiger partial charge in [0.2, 0.25) is 0 Å². The summed E-state index contributed by atoms with van der Waals surface area (Å²) in [5, 5.41) is 9.97. The van der Waals surface area contributed by atoms with E-state index in [9.17, 15) is 4.79 Å². The van der Waals surface area contributed by atoms with Gasteiger partial charge >= 0.3 is 5.97 Å². The maximum atomic E-state index is 11.1. The Kier molecular flexibility index (Phi) is 4.61. The first-order valence-electron chi connectivity index (χ1n) is 6.01. The lowest BCUT2D eigenvalue weighted by molar-refractivity contribution is 0.0701. The standard InChI is InChI=1S/C14H15NO2S2/c1-3-11-13(14(16)17)19-12(15-11)8-18-10-6-4-5-9(2)7-10/h4-7H,3,8H2,1-2H3,(H,16,17). The van der Waals surface area contributed by atoms with Crippen molar-refractivity contribution in [3.63, 3.8) is 0 Å². The second kappa shape index (κ2) is 6.21. The van der Waals surface area contributed by atoms with Gasteiger partial charge in [-0.15, -0.1) is 23.1 Å². The zero-order valence-corrected chi connectivity index (χ0v) is 12.5. The van der Waals surface area contributed by atoms with Crippen LogP contribution in [0.5, 0.6) is 0 Å². The number of carboxylic acid groups (broad SMARTS) is 1. The number of aromatic carboxylic acids is 1. The number of hydrogen-bond acceptors (Lipinski definition) is 4. The largest absolute Gasteiger partial charge is 0.477 e. The first-order chi connectivity index (χ1) is 9.10. The van der Waals surface area contributed by atoms with Gasteiger partial charge in [-0.3, -0.25) is 0 Å². The first kappa shape index (κ1) is 14.1. The van der Waals surface area contributed by atoms with Crippen molar-refractivity contribution in [2.24, 2.45) is 0 Å². The zero-order chi connectivity index (χ0) is 13.8. The van der Waals surface area contributed by atoms with Crippen LogP contribution in [0.3, 0.4) is 0 Å². The molecule has 0 saturated heterocycles. The molecule has 5 heteroatoms. The predicted molar refractivity (Wildman–Crippen MR) is 79.2 cm³/mol. The van der Waals surface area contributed by atoms with Crippen LogP contribution < -0.4 is 0 Å². The van der Waals surface area contributed by atoms with Crippen LogP contribution in [0.4, 0.5) is 0 Å². The molecule has 1 heterocycles. The molecule has 0 atom stereocenters. The maximum Gasteiger partial charge on any atom is 0.347 e. The Labute approximate surface area is 120 Å². The van der Waals surface area contributed by atoms with Crippen molar-refractivity contribution in [2.45, 2.75) is 30.9 Å². The van der Waals surface area contributed by atoms with E-state index in [1.807, 2.05) is 13.0 Å². The van der Waals surface area contributed by atoms with E-state index in [2.05, 4.69) is 30.1 Å². The molecule has 0 aliphatic heterocycles. The number of thiazole rings is 1. The highest BCUT2D eigenvalue weighted by molar-refractivity contribution is 7.98. The lowest BCUT2D eigenvalue weighted by atomic mass is 10.2. The van der Waals surface area contributed by atoms with Crippen molar-refractivity contribution < 1.29 is 9.90 Å². The fraction of sp³-hybridized carbons (Fsp3) is 0.286. The van der Waals surface area contributed by atoms with Gasteiger partial charge in [0.15, 0.2) is 0 Å². The van der Waals surface area contributed by atoms with Gasteiger partial charge in [-0.05, 0) is 25.5 Å². The molecule has 3 nitrogen and oxygen atoms in total. The fourth-order valence-corrected chi connectivity index (χ4v) is 3.72. The van der Waals surface area contributed by atoms with Crippen LogP contribution in [0, 0.1) is 6.92 Å². The number of aryl methyl sites for hydroxylation is 2. The zero-order valence-electron chi connectivity index (χ0n) is 10.8. The molecule has 1 aromatic heterocycles. The van der Waals surface area contributed by atoms with E-state index in [4.69, 9.17) is 5.11 Å². The van der Waals surface area contributed by atoms with Gasteiger partial charge in [-0.2, -0.15) is 0 Å². The van der Waals surface area contributed by atoms with Crippen molar-refractivity contribution in [1.29, 1.82) is 0 Å². The molecule has 1 N–H and O–H groups in total. The van der Waals surface area contributed by atoms with Gasteiger partial charge < -0.3 is 5.11 Å². The molecular weight excluding hydrogens is 278 g/mol. The van der Waals surface area contributed by atoms with Gasteiger partial charge in [-0.1, -0.05) is 24.6 Å². The predicted octanol–water partition coefficient (Wildman–Crippen LogP) is 4.00. The van der Waals surface area contributed by atoms with Crippen LogP contribution in [0.15, 0.2) is 29.2 Å². The van der Waals surface area contributed by atoms with Crippen molar-refractivity contribution in [3.8, 4) is 0 Å². The molecule has 0 saturated carbocycles. The summed E-state index contributed by atoms with van der Waals surface area (Å²) in [5.41, 5.74) is 1.92. The van der Waals surface area contributed by atoms with Gasteiger partial charge in [0, 0.05) is 4.90 Å². The Morgan fingerprint density at radius 3 is 2.84 bits per heavy atom. The fourth-order valence-electron chi connectivity index (χ4n) is 1.72. The Balaban J connectivity index is 2.09. The molecule has 100 valence electrons. The molecule has 0 fully saturated rings. The number of thioether (sulfide) groups is 1. The first-order valence-corrected chi connectivity index (χ1v) is 7.81. The average molecular weight is 293 g/mol. The summed E-state index contributed by atoms with van der Waals surface area (Å²) < 4.78 is 0. The summed E-state index contributed by atoms with van der Waals surface area (Å²) in [7, 11) is 0. The van der Waals surface area contributed by atoms with Crippen LogP contribution in [0.1, 0.15) is 32.9 Å². The van der Waals surface area contributed by atoms with Crippen LogP contribution >= 0.6 is 23.1 Å². The molecule has 0 radical (unpaired) electrons. The van der Waals surface area contributed by atoms with E-state index in [1.54, 1.807) is 11.8 Å². The van der Waals surface area contributed by atoms with Gasteiger partial charge in [0.1, 0.15) is 9.88 Å². The third-order valence-electron chi connectivity index (χ3n) is 2.62. The quantitative estimate of drug-likeness (QED) is 0.846. The normalized spacial score (nSPS) is 10.6. The topological polar surface area (TPSA) is 50.2 Å². The molecule has 0 aliphatic carbocycles. The highest BCUT2D eigenvalue weighted by Gasteiger charge is 2.15. The van der Waals surface area contributed by atoms with Crippen LogP contribution in [-0.2, 0) is 12.2 Å². The molecule has 2 rings (SSSR count). The van der Waals surface area contributed by atoms with Gasteiger partial charge in [0.05, 0.1) is 11.4 Å². The summed E-state index contributed by atoms with van der Waals surface area (Å²) in [6.45, 7) is 3.99. The molecule has 1 aromatic carbocycles. The highest BCUT2D eigenvalue weighted by atomic mass is 32.2. The SMILES string of the molecule is CCc1nc(CSc2cccc(C)c2)sc1C(=O)O. The Morgan fingerprint density at radius 1 is 1.47 bits per heavy atom. The number of hydrogen-bond donors (Lipinski definition) is 1. The highest BCUT2D eigenvalue weighted by Crippen LogP contribution is 2.27.